The molecule has 0 aromatic carbocycles. The van der Waals surface area contributed by atoms with Crippen molar-refractivity contribution in [1.29, 1.82) is 0 Å². The van der Waals surface area contributed by atoms with E-state index in [0.29, 0.717) is 0 Å². The average molecular weight is 164 g/mol. The summed E-state index contributed by atoms with van der Waals surface area (Å²) in [5, 5.41) is 0. The number of hydrogen-bond acceptors (Lipinski definition) is 1. The Labute approximate surface area is 72.4 Å². The van der Waals surface area contributed by atoms with Crippen LogP contribution in [0, 0.1) is 0 Å². The van der Waals surface area contributed by atoms with Crippen molar-refractivity contribution >= 4 is 11.8 Å². The Balaban J connectivity index is 2.51. The molecule has 0 nitrogen and oxygen atoms in total. The summed E-state index contributed by atoms with van der Waals surface area (Å²) in [4.78, 5) is 0. The summed E-state index contributed by atoms with van der Waals surface area (Å²) in [5.74, 6) is 2.25. The van der Waals surface area contributed by atoms with Gasteiger partial charge in [-0.15, -0.1) is 5.73 Å². The van der Waals surface area contributed by atoms with E-state index < -0.39 is 0 Å². The first-order valence-corrected chi connectivity index (χ1v) is 4.95. The Morgan fingerprint density at radius 1 is 1.36 bits per heavy atom. The highest BCUT2D eigenvalue weighted by molar-refractivity contribution is 7.99. The minimum absolute atomic E-state index is 1.07. The minimum Gasteiger partial charge on any atom is -0.157 e. The van der Waals surface area contributed by atoms with Crippen molar-refractivity contribution in [2.75, 3.05) is 11.5 Å². The van der Waals surface area contributed by atoms with E-state index in [1.54, 1.807) is 0 Å². The molecule has 1 heteroatoms. The molecule has 0 N–H and O–H groups in total. The second kappa shape index (κ2) is 5.06. The zero-order valence-corrected chi connectivity index (χ0v) is 7.53. The molecule has 0 saturated heterocycles. The third-order valence-corrected chi connectivity index (χ3v) is 2.27. The summed E-state index contributed by atoms with van der Waals surface area (Å²) in [7, 11) is 0. The lowest BCUT2D eigenvalue weighted by Crippen LogP contribution is -1.81. The van der Waals surface area contributed by atoms with E-state index in [0.717, 1.165) is 5.75 Å². The van der Waals surface area contributed by atoms with Crippen LogP contribution < -0.4 is 0 Å². The molecule has 0 spiro atoms. The standard InChI is InChI=1S/C10H12S/c1-2-11-9-10-7-5-3-4-6-8-10/h3-7H,2,9H2,1H3. The molecule has 0 aliphatic heterocycles. The smallest absolute Gasteiger partial charge is 0.0257 e. The molecular weight excluding hydrogens is 152 g/mol. The number of hydrogen-bond donors (Lipinski definition) is 0. The van der Waals surface area contributed by atoms with Crippen molar-refractivity contribution in [1.82, 2.24) is 0 Å². The lowest BCUT2D eigenvalue weighted by atomic mass is 10.3. The molecule has 1 aliphatic carbocycles. The van der Waals surface area contributed by atoms with E-state index >= 15 is 0 Å². The van der Waals surface area contributed by atoms with E-state index in [4.69, 9.17) is 0 Å². The third-order valence-electron chi connectivity index (χ3n) is 1.35. The maximum atomic E-state index is 3.21. The maximum Gasteiger partial charge on any atom is 0.0257 e. The van der Waals surface area contributed by atoms with Crippen molar-refractivity contribution in [2.45, 2.75) is 6.92 Å². The Morgan fingerprint density at radius 2 is 2.27 bits per heavy atom. The maximum absolute atomic E-state index is 3.21. The Morgan fingerprint density at radius 3 is 3.09 bits per heavy atom. The summed E-state index contributed by atoms with van der Waals surface area (Å²) in [6.45, 7) is 2.17. The first-order chi connectivity index (χ1) is 5.43. The van der Waals surface area contributed by atoms with Gasteiger partial charge in [-0.3, -0.25) is 0 Å². The van der Waals surface area contributed by atoms with Crippen LogP contribution in [0.4, 0.5) is 0 Å². The molecule has 0 aromatic heterocycles. The summed E-state index contributed by atoms with van der Waals surface area (Å²) in [6.07, 6.45) is 10.2. The molecule has 0 fully saturated rings. The molecule has 0 amide bonds. The molecule has 58 valence electrons. The van der Waals surface area contributed by atoms with E-state index in [-0.39, 0.29) is 0 Å². The van der Waals surface area contributed by atoms with Crippen LogP contribution in [0.25, 0.3) is 0 Å². The Hall–Kier alpha value is -0.650. The summed E-state index contributed by atoms with van der Waals surface area (Å²) in [5.41, 5.74) is 4.49. The van der Waals surface area contributed by atoms with Gasteiger partial charge in [0.2, 0.25) is 0 Å². The lowest BCUT2D eigenvalue weighted by molar-refractivity contribution is 1.49. The van der Waals surface area contributed by atoms with E-state index in [9.17, 15) is 0 Å². The first-order valence-electron chi connectivity index (χ1n) is 3.80. The summed E-state index contributed by atoms with van der Waals surface area (Å²) in [6, 6.07) is 0. The highest BCUT2D eigenvalue weighted by Crippen LogP contribution is 2.08. The molecule has 0 unspecified atom stereocenters. The van der Waals surface area contributed by atoms with Gasteiger partial charge in [0.25, 0.3) is 0 Å². The average Bonchev–Trinajstić information content (AvgIpc) is 2.28. The number of rotatable bonds is 3. The number of allylic oxidation sites excluding steroid dienone is 4. The second-order valence-electron chi connectivity index (χ2n) is 2.22. The topological polar surface area (TPSA) is 0 Å². The van der Waals surface area contributed by atoms with Gasteiger partial charge in [0.15, 0.2) is 0 Å². The fourth-order valence-electron chi connectivity index (χ4n) is 0.796. The Bertz CT molecular complexity index is 227. The first kappa shape index (κ1) is 8.45. The van der Waals surface area contributed by atoms with E-state index in [1.165, 1.54) is 11.3 Å². The van der Waals surface area contributed by atoms with Crippen LogP contribution in [-0.4, -0.2) is 11.5 Å². The molecule has 0 radical (unpaired) electrons. The van der Waals surface area contributed by atoms with Gasteiger partial charge in [0.05, 0.1) is 0 Å². The highest BCUT2D eigenvalue weighted by Gasteiger charge is 1.90. The minimum atomic E-state index is 1.07. The fourth-order valence-corrected chi connectivity index (χ4v) is 1.40. The van der Waals surface area contributed by atoms with Crippen LogP contribution in [0.3, 0.4) is 0 Å². The molecule has 1 rings (SSSR count). The third kappa shape index (κ3) is 3.31. The van der Waals surface area contributed by atoms with Crippen LogP contribution >= 0.6 is 11.8 Å². The van der Waals surface area contributed by atoms with Gasteiger partial charge in [0, 0.05) is 11.3 Å². The predicted octanol–water partition coefficient (Wildman–Crippen LogP) is 2.95. The molecule has 0 aromatic rings. The molecule has 0 saturated carbocycles. The van der Waals surface area contributed by atoms with Gasteiger partial charge in [-0.05, 0) is 11.8 Å². The molecule has 11 heavy (non-hydrogen) atoms. The quantitative estimate of drug-likeness (QED) is 0.578. The molecule has 0 bridgehead atoms. The largest absolute Gasteiger partial charge is 0.157 e. The lowest BCUT2D eigenvalue weighted by Gasteiger charge is -1.94. The van der Waals surface area contributed by atoms with Crippen molar-refractivity contribution < 1.29 is 0 Å². The van der Waals surface area contributed by atoms with Crippen LogP contribution in [-0.2, 0) is 0 Å². The van der Waals surface area contributed by atoms with Gasteiger partial charge >= 0.3 is 0 Å². The highest BCUT2D eigenvalue weighted by atomic mass is 32.2. The van der Waals surface area contributed by atoms with Crippen LogP contribution in [0.5, 0.6) is 0 Å². The van der Waals surface area contributed by atoms with Crippen LogP contribution in [0.2, 0.25) is 0 Å². The van der Waals surface area contributed by atoms with Gasteiger partial charge in [-0.2, -0.15) is 11.8 Å². The molecule has 0 heterocycles. The zero-order valence-electron chi connectivity index (χ0n) is 6.71. The zero-order chi connectivity index (χ0) is 7.94. The SMILES string of the molecule is CCSCC1=C=CC=CC=C1. The van der Waals surface area contributed by atoms with Crippen LogP contribution in [0.1, 0.15) is 6.92 Å². The second-order valence-corrected chi connectivity index (χ2v) is 3.49. The molecule has 1 aliphatic rings. The Kier molecular flexibility index (Phi) is 3.89. The van der Waals surface area contributed by atoms with E-state index in [1.807, 2.05) is 30.0 Å². The normalized spacial score (nSPS) is 14.8. The van der Waals surface area contributed by atoms with Gasteiger partial charge in [0.1, 0.15) is 0 Å². The van der Waals surface area contributed by atoms with Crippen molar-refractivity contribution in [3.63, 3.8) is 0 Å². The predicted molar refractivity (Wildman–Crippen MR) is 52.9 cm³/mol. The van der Waals surface area contributed by atoms with Crippen molar-refractivity contribution in [3.05, 3.63) is 41.7 Å². The van der Waals surface area contributed by atoms with Crippen molar-refractivity contribution in [3.8, 4) is 0 Å². The van der Waals surface area contributed by atoms with Gasteiger partial charge in [-0.1, -0.05) is 31.2 Å². The van der Waals surface area contributed by atoms with Gasteiger partial charge < -0.3 is 0 Å². The van der Waals surface area contributed by atoms with Crippen molar-refractivity contribution in [2.24, 2.45) is 0 Å². The molecule has 0 atom stereocenters. The monoisotopic (exact) mass is 164 g/mol. The summed E-state index contributed by atoms with van der Waals surface area (Å²) >= 11 is 1.93. The number of thioether (sulfide) groups is 1. The molecular formula is C10H12S. The van der Waals surface area contributed by atoms with Gasteiger partial charge in [-0.25, -0.2) is 0 Å². The fraction of sp³-hybridized carbons (Fsp3) is 0.300. The van der Waals surface area contributed by atoms with Crippen LogP contribution in [0.15, 0.2) is 41.7 Å². The van der Waals surface area contributed by atoms with E-state index in [2.05, 4.69) is 24.8 Å². The summed E-state index contributed by atoms with van der Waals surface area (Å²) < 4.78 is 0.